The summed E-state index contributed by atoms with van der Waals surface area (Å²) in [6.45, 7) is 29.5. The van der Waals surface area contributed by atoms with E-state index in [9.17, 15) is 9.59 Å². The molecule has 3 heterocycles. The van der Waals surface area contributed by atoms with Gasteiger partial charge in [-0.3, -0.25) is 0 Å². The standard InChI is InChI=1S/C35H56N8O4/c1-13-15-43(16-14-2)31-39-29(36-21-27(44)46-23(3)25-17-32(5,6)41-33(7,8)18-25)38-30(40-31)37-22-28(45)47-24(4)26-19-34(9,10)42-35(11,12)20-26/h13-14,21-26,41-42H,1-2,15-20H2,3-12H3. The van der Waals surface area contributed by atoms with Gasteiger partial charge in [0.05, 0.1) is 0 Å². The molecule has 2 saturated heterocycles. The van der Waals surface area contributed by atoms with E-state index in [4.69, 9.17) is 9.47 Å². The van der Waals surface area contributed by atoms with Crippen molar-refractivity contribution in [1.29, 1.82) is 0 Å². The van der Waals surface area contributed by atoms with Crippen LogP contribution in [0.25, 0.3) is 0 Å². The van der Waals surface area contributed by atoms with Crippen molar-refractivity contribution >= 4 is 42.2 Å². The van der Waals surface area contributed by atoms with Gasteiger partial charge in [0.15, 0.2) is 0 Å². The third-order valence-electron chi connectivity index (χ3n) is 8.53. The highest BCUT2D eigenvalue weighted by molar-refractivity contribution is 6.24. The minimum Gasteiger partial charge on any atom is -0.458 e. The lowest BCUT2D eigenvalue weighted by Gasteiger charge is -2.47. The van der Waals surface area contributed by atoms with E-state index in [1.165, 1.54) is 0 Å². The van der Waals surface area contributed by atoms with Crippen LogP contribution >= 0.6 is 0 Å². The molecule has 260 valence electrons. The third-order valence-corrected chi connectivity index (χ3v) is 8.53. The molecule has 12 heteroatoms. The Balaban J connectivity index is 1.76. The fourth-order valence-corrected chi connectivity index (χ4v) is 7.46. The summed E-state index contributed by atoms with van der Waals surface area (Å²) in [5, 5.41) is 7.31. The molecule has 0 spiro atoms. The van der Waals surface area contributed by atoms with Gasteiger partial charge in [-0.05, 0) is 107 Å². The van der Waals surface area contributed by atoms with Crippen LogP contribution in [0.4, 0.5) is 17.8 Å². The van der Waals surface area contributed by atoms with Crippen molar-refractivity contribution in [3.8, 4) is 0 Å². The Labute approximate surface area is 281 Å². The fraction of sp³-hybridized carbons (Fsp3) is 0.686. The number of rotatable bonds is 13. The lowest BCUT2D eigenvalue weighted by Crippen LogP contribution is -2.59. The maximum Gasteiger partial charge on any atom is 0.349 e. The van der Waals surface area contributed by atoms with E-state index in [1.807, 2.05) is 13.8 Å². The van der Waals surface area contributed by atoms with Gasteiger partial charge in [0.1, 0.15) is 24.6 Å². The van der Waals surface area contributed by atoms with Crippen LogP contribution in [0.3, 0.4) is 0 Å². The van der Waals surface area contributed by atoms with Crippen LogP contribution in [-0.2, 0) is 19.1 Å². The van der Waals surface area contributed by atoms with Crippen LogP contribution in [0.5, 0.6) is 0 Å². The van der Waals surface area contributed by atoms with Gasteiger partial charge in [0.25, 0.3) is 11.9 Å². The SMILES string of the molecule is C=CCN(CC=C)c1nc(N=CC(=O)OC(C)C2CC(C)(C)NC(C)(C)C2)nc(N=CC(=O)OC(C)C2CC(C)(C)NC(C)(C)C2)n1. The van der Waals surface area contributed by atoms with Crippen LogP contribution in [0.2, 0.25) is 0 Å². The molecule has 0 aromatic carbocycles. The summed E-state index contributed by atoms with van der Waals surface area (Å²) in [4.78, 5) is 48.9. The quantitative estimate of drug-likeness (QED) is 0.161. The maximum atomic E-state index is 12.8. The second-order valence-corrected chi connectivity index (χ2v) is 15.6. The first-order chi connectivity index (χ1) is 21.7. The number of piperidine rings is 2. The number of ether oxygens (including phenoxy) is 2. The predicted octanol–water partition coefficient (Wildman–Crippen LogP) is 5.43. The molecule has 0 bridgehead atoms. The molecule has 0 aliphatic carbocycles. The van der Waals surface area contributed by atoms with Gasteiger partial charge in [-0.2, -0.15) is 15.0 Å². The summed E-state index contributed by atoms with van der Waals surface area (Å²) in [6.07, 6.45) is 8.38. The van der Waals surface area contributed by atoms with E-state index < -0.39 is 11.9 Å². The zero-order valence-corrected chi connectivity index (χ0v) is 30.1. The molecular weight excluding hydrogens is 596 g/mol. The maximum absolute atomic E-state index is 12.8. The number of nitrogens with zero attached hydrogens (tertiary/aromatic N) is 6. The zero-order chi connectivity index (χ0) is 35.2. The molecule has 0 amide bonds. The van der Waals surface area contributed by atoms with Crippen molar-refractivity contribution in [2.24, 2.45) is 21.8 Å². The van der Waals surface area contributed by atoms with Gasteiger partial charge >= 0.3 is 11.9 Å². The lowest BCUT2D eigenvalue weighted by molar-refractivity contribution is -0.144. The highest BCUT2D eigenvalue weighted by Crippen LogP contribution is 2.36. The Morgan fingerprint density at radius 3 is 1.40 bits per heavy atom. The minimum absolute atomic E-state index is 0.0603. The summed E-state index contributed by atoms with van der Waals surface area (Å²) in [6, 6.07) is 0. The molecule has 1 aromatic heterocycles. The number of hydrogen-bond acceptors (Lipinski definition) is 12. The second kappa shape index (κ2) is 15.1. The van der Waals surface area contributed by atoms with Crippen molar-refractivity contribution in [3.05, 3.63) is 25.3 Å². The largest absolute Gasteiger partial charge is 0.458 e. The van der Waals surface area contributed by atoms with E-state index in [2.05, 4.69) is 104 Å². The van der Waals surface area contributed by atoms with Gasteiger partial charge in [-0.15, -0.1) is 13.2 Å². The molecule has 2 fully saturated rings. The molecule has 0 saturated carbocycles. The number of carbonyl (C=O) groups excluding carboxylic acids is 2. The van der Waals surface area contributed by atoms with E-state index in [-0.39, 0.29) is 64.0 Å². The molecule has 2 aliphatic rings. The number of aromatic nitrogens is 3. The van der Waals surface area contributed by atoms with Crippen molar-refractivity contribution in [2.75, 3.05) is 18.0 Å². The fourth-order valence-electron chi connectivity index (χ4n) is 7.46. The van der Waals surface area contributed by atoms with E-state index in [1.54, 1.807) is 17.1 Å². The molecule has 47 heavy (non-hydrogen) atoms. The molecule has 12 nitrogen and oxygen atoms in total. The van der Waals surface area contributed by atoms with Crippen LogP contribution in [0, 0.1) is 11.8 Å². The number of hydrogen-bond donors (Lipinski definition) is 2. The minimum atomic E-state index is -0.602. The summed E-state index contributed by atoms with van der Waals surface area (Å²) in [7, 11) is 0. The van der Waals surface area contributed by atoms with E-state index >= 15 is 0 Å². The number of carbonyl (C=O) groups is 2. The second-order valence-electron chi connectivity index (χ2n) is 15.6. The van der Waals surface area contributed by atoms with Crippen LogP contribution in [0.1, 0.15) is 94.9 Å². The Morgan fingerprint density at radius 1 is 0.745 bits per heavy atom. The van der Waals surface area contributed by atoms with Gasteiger partial charge in [0, 0.05) is 35.2 Å². The van der Waals surface area contributed by atoms with Crippen molar-refractivity contribution in [1.82, 2.24) is 25.6 Å². The lowest BCUT2D eigenvalue weighted by atomic mass is 9.74. The predicted molar refractivity (Wildman–Crippen MR) is 188 cm³/mol. The number of esters is 2. The first-order valence-corrected chi connectivity index (χ1v) is 16.5. The summed E-state index contributed by atoms with van der Waals surface area (Å²) in [5.74, 6) is -0.718. The zero-order valence-electron chi connectivity index (χ0n) is 30.1. The molecular formula is C35H56N8O4. The number of aliphatic imine (C=N–C) groups is 2. The van der Waals surface area contributed by atoms with Crippen LogP contribution < -0.4 is 15.5 Å². The smallest absolute Gasteiger partial charge is 0.349 e. The molecule has 1 aromatic rings. The topological polar surface area (TPSA) is 143 Å². The molecule has 2 unspecified atom stereocenters. The Hall–Kier alpha value is -3.51. The highest BCUT2D eigenvalue weighted by Gasteiger charge is 2.41. The summed E-state index contributed by atoms with van der Waals surface area (Å²) < 4.78 is 11.5. The van der Waals surface area contributed by atoms with Gasteiger partial charge in [-0.1, -0.05) is 12.2 Å². The Kier molecular flexibility index (Phi) is 12.2. The van der Waals surface area contributed by atoms with Crippen molar-refractivity contribution in [3.63, 3.8) is 0 Å². The molecule has 3 rings (SSSR count). The van der Waals surface area contributed by atoms with Crippen molar-refractivity contribution in [2.45, 2.75) is 129 Å². The average Bonchev–Trinajstić information content (AvgIpc) is 2.91. The van der Waals surface area contributed by atoms with Gasteiger partial charge in [-0.25, -0.2) is 19.6 Å². The number of nitrogens with one attached hydrogen (secondary N) is 2. The first kappa shape index (κ1) is 37.9. The average molecular weight is 653 g/mol. The normalized spacial score (nSPS) is 22.0. The van der Waals surface area contributed by atoms with Crippen molar-refractivity contribution < 1.29 is 19.1 Å². The summed E-state index contributed by atoms with van der Waals surface area (Å²) in [5.41, 5.74) is -0.302. The monoisotopic (exact) mass is 652 g/mol. The van der Waals surface area contributed by atoms with E-state index in [0.29, 0.717) is 13.1 Å². The molecule has 2 atom stereocenters. The Bertz CT molecular complexity index is 1220. The van der Waals surface area contributed by atoms with Crippen LogP contribution in [-0.4, -0.2) is 86.8 Å². The molecule has 2 N–H and O–H groups in total. The molecule has 2 aliphatic heterocycles. The first-order valence-electron chi connectivity index (χ1n) is 16.5. The van der Waals surface area contributed by atoms with Gasteiger partial charge in [0.2, 0.25) is 5.95 Å². The molecule has 0 radical (unpaired) electrons. The summed E-state index contributed by atoms with van der Waals surface area (Å²) >= 11 is 0. The number of anilines is 1. The van der Waals surface area contributed by atoms with E-state index in [0.717, 1.165) is 38.1 Å². The van der Waals surface area contributed by atoms with Gasteiger partial charge < -0.3 is 25.0 Å². The van der Waals surface area contributed by atoms with Crippen LogP contribution in [0.15, 0.2) is 35.3 Å². The Morgan fingerprint density at radius 2 is 1.09 bits per heavy atom. The third kappa shape index (κ3) is 11.9. The highest BCUT2D eigenvalue weighted by atomic mass is 16.5.